The molecule has 0 saturated carbocycles. The number of benzene rings is 2. The van der Waals surface area contributed by atoms with E-state index in [1.807, 2.05) is 12.1 Å². The van der Waals surface area contributed by atoms with Crippen LogP contribution in [0.3, 0.4) is 0 Å². The van der Waals surface area contributed by atoms with Gasteiger partial charge in [-0.15, -0.1) is 0 Å². The number of methoxy groups -OCH3 is 1. The first-order valence-electron chi connectivity index (χ1n) is 7.83. The largest absolute Gasteiger partial charge is 0.546 e. The summed E-state index contributed by atoms with van der Waals surface area (Å²) in [6.45, 7) is -0.508. The molecule has 27 heavy (non-hydrogen) atoms. The summed E-state index contributed by atoms with van der Waals surface area (Å²) in [5.74, 6) is 0.440. The number of nitrogens with zero attached hydrogens (tertiary/aromatic N) is 2. The minimum absolute atomic E-state index is 0.180. The molecule has 0 aliphatic carbocycles. The Labute approximate surface area is 159 Å². The Bertz CT molecular complexity index is 949. The average molecular weight is 386 g/mol. The molecule has 1 aromatic heterocycles. The van der Waals surface area contributed by atoms with Gasteiger partial charge in [-0.3, -0.25) is 0 Å². The molecule has 2 aromatic carbocycles. The molecule has 3 aromatic rings. The summed E-state index contributed by atoms with van der Waals surface area (Å²) in [7, 11) is 1.59. The van der Waals surface area contributed by atoms with E-state index in [1.54, 1.807) is 49.6 Å². The first kappa shape index (κ1) is 18.5. The van der Waals surface area contributed by atoms with Crippen molar-refractivity contribution in [3.8, 4) is 22.9 Å². The van der Waals surface area contributed by atoms with Crippen molar-refractivity contribution in [2.45, 2.75) is 0 Å². The zero-order valence-corrected chi connectivity index (χ0v) is 15.0. The van der Waals surface area contributed by atoms with Gasteiger partial charge in [-0.05, 0) is 48.0 Å². The SMILES string of the molecule is COc1ccc(-c2noc(/C(Cl)=C/c3ccc(OCC(=O)[O-])cc3)n2)cc1. The van der Waals surface area contributed by atoms with Crippen molar-refractivity contribution < 1.29 is 23.9 Å². The van der Waals surface area contributed by atoms with Gasteiger partial charge in [0, 0.05) is 5.56 Å². The molecule has 0 N–H and O–H groups in total. The zero-order valence-electron chi connectivity index (χ0n) is 14.2. The Balaban J connectivity index is 1.72. The molecule has 0 bridgehead atoms. The molecule has 3 rings (SSSR count). The lowest BCUT2D eigenvalue weighted by Gasteiger charge is -2.06. The van der Waals surface area contributed by atoms with Gasteiger partial charge in [0.2, 0.25) is 5.82 Å². The molecule has 0 saturated heterocycles. The second-order valence-corrected chi connectivity index (χ2v) is 5.78. The van der Waals surface area contributed by atoms with Crippen LogP contribution in [0.25, 0.3) is 22.5 Å². The van der Waals surface area contributed by atoms with Crippen LogP contribution in [0.15, 0.2) is 53.1 Å². The number of aromatic nitrogens is 2. The second kappa shape index (κ2) is 8.37. The molecule has 0 spiro atoms. The highest BCUT2D eigenvalue weighted by molar-refractivity contribution is 6.50. The van der Waals surface area contributed by atoms with Gasteiger partial charge in [-0.1, -0.05) is 28.9 Å². The highest BCUT2D eigenvalue weighted by Crippen LogP contribution is 2.25. The molecule has 0 aliphatic heterocycles. The van der Waals surface area contributed by atoms with Crippen LogP contribution in [0, 0.1) is 0 Å². The zero-order chi connectivity index (χ0) is 19.2. The number of hydrogen-bond donors (Lipinski definition) is 0. The molecular formula is C19H14ClN2O5-. The summed E-state index contributed by atoms with van der Waals surface area (Å²) < 4.78 is 15.3. The van der Waals surface area contributed by atoms with Crippen LogP contribution in [0.5, 0.6) is 11.5 Å². The molecule has 0 amide bonds. The van der Waals surface area contributed by atoms with Gasteiger partial charge < -0.3 is 23.9 Å². The molecular weight excluding hydrogens is 372 g/mol. The molecule has 0 fully saturated rings. The quantitative estimate of drug-likeness (QED) is 0.616. The third-order valence-corrected chi connectivity index (χ3v) is 3.78. The molecule has 138 valence electrons. The Hall–Kier alpha value is -3.32. The fraction of sp³-hybridized carbons (Fsp3) is 0.105. The summed E-state index contributed by atoms with van der Waals surface area (Å²) in [5, 5.41) is 14.6. The molecule has 1 heterocycles. The Kier molecular flexibility index (Phi) is 5.73. The third-order valence-electron chi connectivity index (χ3n) is 3.51. The van der Waals surface area contributed by atoms with Crippen molar-refractivity contribution in [3.63, 3.8) is 0 Å². The number of hydrogen-bond acceptors (Lipinski definition) is 7. The lowest BCUT2D eigenvalue weighted by Crippen LogP contribution is -2.28. The predicted molar refractivity (Wildman–Crippen MR) is 97.0 cm³/mol. The van der Waals surface area contributed by atoms with Crippen LogP contribution in [-0.2, 0) is 4.79 Å². The van der Waals surface area contributed by atoms with Crippen molar-refractivity contribution in [1.82, 2.24) is 10.1 Å². The van der Waals surface area contributed by atoms with E-state index >= 15 is 0 Å². The predicted octanol–water partition coefficient (Wildman–Crippen LogP) is 2.61. The Morgan fingerprint density at radius 1 is 1.15 bits per heavy atom. The summed E-state index contributed by atoms with van der Waals surface area (Å²) in [5.41, 5.74) is 1.52. The summed E-state index contributed by atoms with van der Waals surface area (Å²) in [4.78, 5) is 14.7. The first-order chi connectivity index (χ1) is 13.0. The molecule has 0 atom stereocenters. The van der Waals surface area contributed by atoms with Gasteiger partial charge in [-0.25, -0.2) is 0 Å². The highest BCUT2D eigenvalue weighted by Gasteiger charge is 2.11. The number of carboxylic acid groups (broad SMARTS) is 1. The van der Waals surface area contributed by atoms with Crippen LogP contribution in [-0.4, -0.2) is 29.8 Å². The number of halogens is 1. The van der Waals surface area contributed by atoms with Crippen LogP contribution >= 0.6 is 11.6 Å². The minimum atomic E-state index is -1.29. The lowest BCUT2D eigenvalue weighted by molar-refractivity contribution is -0.307. The van der Waals surface area contributed by atoms with E-state index in [1.165, 1.54) is 0 Å². The van der Waals surface area contributed by atoms with Crippen molar-refractivity contribution in [2.75, 3.05) is 13.7 Å². The topological polar surface area (TPSA) is 97.5 Å². The fourth-order valence-electron chi connectivity index (χ4n) is 2.19. The summed E-state index contributed by atoms with van der Waals surface area (Å²) in [6, 6.07) is 13.9. The van der Waals surface area contributed by atoms with E-state index in [4.69, 9.17) is 25.6 Å². The van der Waals surface area contributed by atoms with E-state index in [0.29, 0.717) is 11.6 Å². The van der Waals surface area contributed by atoms with E-state index in [-0.39, 0.29) is 10.9 Å². The van der Waals surface area contributed by atoms with E-state index in [9.17, 15) is 9.90 Å². The number of ether oxygens (including phenoxy) is 2. The van der Waals surface area contributed by atoms with Crippen molar-refractivity contribution in [2.24, 2.45) is 0 Å². The van der Waals surface area contributed by atoms with Gasteiger partial charge in [0.15, 0.2) is 0 Å². The van der Waals surface area contributed by atoms with E-state index in [0.717, 1.165) is 16.9 Å². The lowest BCUT2D eigenvalue weighted by atomic mass is 10.2. The third kappa shape index (κ3) is 4.86. The van der Waals surface area contributed by atoms with Gasteiger partial charge in [0.1, 0.15) is 23.1 Å². The van der Waals surface area contributed by atoms with Gasteiger partial charge >= 0.3 is 0 Å². The van der Waals surface area contributed by atoms with Crippen molar-refractivity contribution in [3.05, 3.63) is 60.0 Å². The molecule has 7 nitrogen and oxygen atoms in total. The molecule has 0 aliphatic rings. The molecule has 8 heteroatoms. The summed E-state index contributed by atoms with van der Waals surface area (Å²) in [6.07, 6.45) is 1.65. The number of rotatable bonds is 7. The average Bonchev–Trinajstić information content (AvgIpc) is 3.18. The standard InChI is InChI=1S/C19H15ClN2O5/c1-25-14-8-4-13(5-9-14)18-21-19(27-22-18)16(20)10-12-2-6-15(7-3-12)26-11-17(23)24/h2-10H,11H2,1H3,(H,23,24)/p-1/b16-10-. The van der Waals surface area contributed by atoms with E-state index < -0.39 is 12.6 Å². The van der Waals surface area contributed by atoms with Gasteiger partial charge in [0.05, 0.1) is 13.1 Å². The maximum absolute atomic E-state index is 10.4. The van der Waals surface area contributed by atoms with Gasteiger partial charge in [-0.2, -0.15) is 4.98 Å². The molecule has 0 unspecified atom stereocenters. The smallest absolute Gasteiger partial charge is 0.269 e. The van der Waals surface area contributed by atoms with Crippen LogP contribution in [0.4, 0.5) is 0 Å². The molecule has 0 radical (unpaired) electrons. The Morgan fingerprint density at radius 3 is 2.44 bits per heavy atom. The fourth-order valence-corrected chi connectivity index (χ4v) is 2.39. The van der Waals surface area contributed by atoms with E-state index in [2.05, 4.69) is 10.1 Å². The second-order valence-electron chi connectivity index (χ2n) is 5.37. The number of carbonyl (C=O) groups excluding carboxylic acids is 1. The number of carbonyl (C=O) groups is 1. The van der Waals surface area contributed by atoms with Crippen molar-refractivity contribution >= 4 is 28.7 Å². The van der Waals surface area contributed by atoms with Crippen molar-refractivity contribution in [1.29, 1.82) is 0 Å². The number of aliphatic carboxylic acids is 1. The minimum Gasteiger partial charge on any atom is -0.546 e. The van der Waals surface area contributed by atoms with Gasteiger partial charge in [0.25, 0.3) is 5.89 Å². The first-order valence-corrected chi connectivity index (χ1v) is 8.21. The maximum atomic E-state index is 10.4. The number of carboxylic acids is 1. The normalized spacial score (nSPS) is 11.3. The van der Waals surface area contributed by atoms with Crippen LogP contribution in [0.1, 0.15) is 11.5 Å². The van der Waals surface area contributed by atoms with Crippen LogP contribution in [0.2, 0.25) is 0 Å². The summed E-state index contributed by atoms with van der Waals surface area (Å²) >= 11 is 6.26. The monoisotopic (exact) mass is 385 g/mol. The van der Waals surface area contributed by atoms with Crippen LogP contribution < -0.4 is 14.6 Å². The Morgan fingerprint density at radius 2 is 1.81 bits per heavy atom. The maximum Gasteiger partial charge on any atom is 0.269 e. The highest BCUT2D eigenvalue weighted by atomic mass is 35.5.